The van der Waals surface area contributed by atoms with Crippen LogP contribution in [0.15, 0.2) is 4.99 Å². The topological polar surface area (TPSA) is 254 Å². The molecule has 0 saturated carbocycles. The lowest BCUT2D eigenvalue weighted by Crippen LogP contribution is -2.48. The number of guanidine groups is 1. The van der Waals surface area contributed by atoms with Gasteiger partial charge in [0.05, 0.1) is 78.3 Å². The van der Waals surface area contributed by atoms with Gasteiger partial charge in [0.2, 0.25) is 0 Å². The van der Waals surface area contributed by atoms with E-state index in [-0.39, 0.29) is 56.2 Å². The zero-order valence-corrected chi connectivity index (χ0v) is 47.7. The summed E-state index contributed by atoms with van der Waals surface area (Å²) in [6.45, 7) is 36.6. The minimum atomic E-state index is -1.07. The van der Waals surface area contributed by atoms with Crippen molar-refractivity contribution in [2.45, 2.75) is 140 Å². The first-order valence-corrected chi connectivity index (χ1v) is 25.5. The van der Waals surface area contributed by atoms with Crippen LogP contribution in [-0.4, -0.2) is 216 Å². The number of ketones is 2. The minimum Gasteiger partial charge on any atom is -0.396 e. The van der Waals surface area contributed by atoms with Gasteiger partial charge in [-0.2, -0.15) is 0 Å². The fourth-order valence-corrected chi connectivity index (χ4v) is 5.67. The van der Waals surface area contributed by atoms with Crippen molar-refractivity contribution in [3.8, 4) is 0 Å². The number of rotatable bonds is 34. The quantitative estimate of drug-likeness (QED) is 0.0192. The molecule has 0 heterocycles. The van der Waals surface area contributed by atoms with E-state index in [1.54, 1.807) is 6.92 Å². The summed E-state index contributed by atoms with van der Waals surface area (Å²) in [4.78, 5) is 32.0. The van der Waals surface area contributed by atoms with Crippen molar-refractivity contribution >= 4 is 17.5 Å². The number of carbonyl (C=O) groups excluding carboxylic acids is 2. The SMILES string of the molecule is CC(C)CN(C)CC[N+](C)(C)C.CC(C)CNC(C)(C)C(=O)CCCN(C)C.CC(C)CNCCCC(=O)CC(CO)(CO)CO.CC(C)CNCCN=C(N)N.CC(C)CN[C@H](CO)[C@@H](C)O. The second kappa shape index (κ2) is 45.0. The van der Waals surface area contributed by atoms with Gasteiger partial charge in [0, 0.05) is 44.3 Å². The lowest BCUT2D eigenvalue weighted by atomic mass is 9.84. The molecule has 0 saturated heterocycles. The molecule has 13 N–H and O–H groups in total. The van der Waals surface area contributed by atoms with Gasteiger partial charge in [-0.3, -0.25) is 14.6 Å². The minimum absolute atomic E-state index is 0.00954. The summed E-state index contributed by atoms with van der Waals surface area (Å²) >= 11 is 0. The van der Waals surface area contributed by atoms with Crippen molar-refractivity contribution < 1.29 is 39.6 Å². The molecule has 0 aliphatic rings. The molecular formula is C51H117N10O7+. The number of nitrogens with one attached hydrogen (secondary N) is 4. The maximum atomic E-state index is 12.0. The van der Waals surface area contributed by atoms with Gasteiger partial charge in [0.1, 0.15) is 5.78 Å². The molecule has 0 fully saturated rings. The molecule has 68 heavy (non-hydrogen) atoms. The molecule has 0 unspecified atom stereocenters. The van der Waals surface area contributed by atoms with Gasteiger partial charge in [-0.15, -0.1) is 0 Å². The first kappa shape index (κ1) is 75.1. The van der Waals surface area contributed by atoms with E-state index in [2.05, 4.69) is 133 Å². The number of aliphatic hydroxyl groups excluding tert-OH is 5. The number of hydrogen-bond acceptors (Lipinski definition) is 14. The maximum absolute atomic E-state index is 12.0. The standard InChI is InChI=1S/C13H28N2O.C13H27NO4.C10H25N2.C8H19NO2.C7H18N4/c1-11(2)10-14-13(3,4)12(16)8-7-9-15(5)6;1-11(2)7-14-5-3-4-12(18)6-13(8-15,9-16)10-17;1-10(2)9-11(3)7-8-12(4,5)6;1-6(2)4-9-8(5-10)7(3)11;1-6(2)5-10-3-4-11-7(8)9/h11,14H,7-10H2,1-6H3;11,14-17H,3-10H2,1-2H3;10H,7-9H2,1-6H3;6-11H,4-5H2,1-3H3;6,10H,3-5H2,1-2H3,(H4,8,9,11)/q;;+1;;/t;;;7-,8-;/m...1./s1. The highest BCUT2D eigenvalue weighted by Gasteiger charge is 2.30. The van der Waals surface area contributed by atoms with Crippen LogP contribution in [0.2, 0.25) is 0 Å². The van der Waals surface area contributed by atoms with Crippen LogP contribution in [0.3, 0.4) is 0 Å². The summed E-state index contributed by atoms with van der Waals surface area (Å²) in [5.41, 5.74) is 8.82. The molecule has 17 nitrogen and oxygen atoms in total. The van der Waals surface area contributed by atoms with E-state index in [9.17, 15) is 9.59 Å². The van der Waals surface area contributed by atoms with Gasteiger partial charge in [-0.25, -0.2) is 0 Å². The molecule has 0 aliphatic carbocycles. The van der Waals surface area contributed by atoms with E-state index in [0.717, 1.165) is 69.1 Å². The zero-order valence-electron chi connectivity index (χ0n) is 47.7. The number of aliphatic hydroxyl groups is 5. The van der Waals surface area contributed by atoms with E-state index in [4.69, 9.17) is 37.0 Å². The van der Waals surface area contributed by atoms with Crippen LogP contribution in [0, 0.1) is 35.0 Å². The van der Waals surface area contributed by atoms with Crippen molar-refractivity contribution in [3.63, 3.8) is 0 Å². The van der Waals surface area contributed by atoms with Crippen LogP contribution in [-0.2, 0) is 9.59 Å². The summed E-state index contributed by atoms with van der Waals surface area (Å²) in [7, 11) is 13.0. The highest BCUT2D eigenvalue weighted by atomic mass is 16.3. The molecule has 0 aromatic carbocycles. The summed E-state index contributed by atoms with van der Waals surface area (Å²) in [5.74, 6) is 3.62. The summed E-state index contributed by atoms with van der Waals surface area (Å²) < 4.78 is 1.06. The van der Waals surface area contributed by atoms with Gasteiger partial charge >= 0.3 is 0 Å². The molecule has 17 heteroatoms. The molecule has 412 valence electrons. The van der Waals surface area contributed by atoms with Crippen molar-refractivity contribution in [2.24, 2.45) is 51.5 Å². The van der Waals surface area contributed by atoms with Gasteiger partial charge in [0.25, 0.3) is 0 Å². The third-order valence-electron chi connectivity index (χ3n) is 10.1. The summed E-state index contributed by atoms with van der Waals surface area (Å²) in [6, 6.07) is -0.183. The smallest absolute Gasteiger partial charge is 0.185 e. The van der Waals surface area contributed by atoms with Gasteiger partial charge < -0.3 is 72.5 Å². The Labute approximate surface area is 419 Å². The zero-order chi connectivity index (χ0) is 54.1. The van der Waals surface area contributed by atoms with Crippen molar-refractivity contribution in [1.29, 1.82) is 0 Å². The molecule has 0 aromatic rings. The van der Waals surface area contributed by atoms with Crippen LogP contribution in [0.25, 0.3) is 0 Å². The predicted octanol–water partition coefficient (Wildman–Crippen LogP) is 2.62. The van der Waals surface area contributed by atoms with E-state index in [1.807, 2.05) is 27.9 Å². The molecule has 0 radical (unpaired) electrons. The predicted molar refractivity (Wildman–Crippen MR) is 289 cm³/mol. The Morgan fingerprint density at radius 2 is 1.16 bits per heavy atom. The Bertz CT molecular complexity index is 1160. The third-order valence-corrected chi connectivity index (χ3v) is 10.1. The lowest BCUT2D eigenvalue weighted by Gasteiger charge is -2.27. The number of carbonyl (C=O) groups is 2. The lowest BCUT2D eigenvalue weighted by molar-refractivity contribution is -0.869. The number of hydrogen-bond donors (Lipinski definition) is 11. The van der Waals surface area contributed by atoms with E-state index in [0.29, 0.717) is 48.8 Å². The molecule has 0 aliphatic heterocycles. The number of nitrogens with two attached hydrogens (primary N) is 2. The second-order valence-electron chi connectivity index (χ2n) is 22.5. The Morgan fingerprint density at radius 1 is 0.676 bits per heavy atom. The average molecular weight is 983 g/mol. The number of nitrogens with zero attached hydrogens (tertiary/aromatic N) is 4. The van der Waals surface area contributed by atoms with Crippen molar-refractivity contribution in [2.75, 3.05) is 141 Å². The highest BCUT2D eigenvalue weighted by Crippen LogP contribution is 2.21. The van der Waals surface area contributed by atoms with Crippen molar-refractivity contribution in [1.82, 2.24) is 31.1 Å². The monoisotopic (exact) mass is 982 g/mol. The maximum Gasteiger partial charge on any atom is 0.185 e. The average Bonchev–Trinajstić information content (AvgIpc) is 3.21. The van der Waals surface area contributed by atoms with Crippen molar-refractivity contribution in [3.05, 3.63) is 0 Å². The highest BCUT2D eigenvalue weighted by molar-refractivity contribution is 5.87. The molecule has 0 bridgehead atoms. The van der Waals surface area contributed by atoms with E-state index < -0.39 is 11.5 Å². The first-order chi connectivity index (χ1) is 31.3. The summed E-state index contributed by atoms with van der Waals surface area (Å²) in [5, 5.41) is 58.1. The molecule has 0 rings (SSSR count). The van der Waals surface area contributed by atoms with E-state index in [1.165, 1.54) is 19.6 Å². The fourth-order valence-electron chi connectivity index (χ4n) is 5.67. The Hall–Kier alpha value is -1.87. The van der Waals surface area contributed by atoms with Crippen LogP contribution < -0.4 is 32.7 Å². The largest absolute Gasteiger partial charge is 0.396 e. The number of Topliss-reactive ketones (excluding diaryl/α,β-unsaturated/α-hetero) is 2. The van der Waals surface area contributed by atoms with Gasteiger partial charge in [-0.1, -0.05) is 69.2 Å². The normalized spacial score (nSPS) is 12.8. The Balaban J connectivity index is -0.000000247. The molecule has 0 amide bonds. The third kappa shape index (κ3) is 56.7. The van der Waals surface area contributed by atoms with Crippen LogP contribution in [0.4, 0.5) is 0 Å². The Kier molecular flexibility index (Phi) is 49.7. The number of likely N-dealkylation sites (N-methyl/N-ethyl adjacent to an activating group) is 2. The number of aliphatic imine (C=N–C) groups is 1. The molecule has 2 atom stereocenters. The van der Waals surface area contributed by atoms with Gasteiger partial charge in [0.15, 0.2) is 11.7 Å². The molecule has 0 aromatic heterocycles. The first-order valence-electron chi connectivity index (χ1n) is 25.5. The second-order valence-corrected chi connectivity index (χ2v) is 22.5. The van der Waals surface area contributed by atoms with Crippen LogP contribution in [0.1, 0.15) is 122 Å². The Morgan fingerprint density at radius 3 is 1.54 bits per heavy atom. The molecule has 0 spiro atoms. The van der Waals surface area contributed by atoms with Crippen LogP contribution in [0.5, 0.6) is 0 Å². The summed E-state index contributed by atoms with van der Waals surface area (Å²) in [6.07, 6.45) is 2.30. The van der Waals surface area contributed by atoms with E-state index >= 15 is 0 Å². The fraction of sp³-hybridized carbons (Fsp3) is 0.941. The number of quaternary nitrogens is 1. The van der Waals surface area contributed by atoms with Gasteiger partial charge in [-0.05, 0) is 124 Å². The molecular weight excluding hydrogens is 865 g/mol. The van der Waals surface area contributed by atoms with Crippen LogP contribution >= 0.6 is 0 Å².